The summed E-state index contributed by atoms with van der Waals surface area (Å²) in [5.41, 5.74) is 15.7. The van der Waals surface area contributed by atoms with E-state index in [1.165, 1.54) is 11.3 Å². The molecule has 1 fully saturated rings. The van der Waals surface area contributed by atoms with Crippen molar-refractivity contribution in [2.24, 2.45) is 0 Å². The van der Waals surface area contributed by atoms with Gasteiger partial charge in [0.1, 0.15) is 9.04 Å². The zero-order valence-electron chi connectivity index (χ0n) is 15.4. The van der Waals surface area contributed by atoms with Gasteiger partial charge < -0.3 is 11.5 Å². The lowest BCUT2D eigenvalue weighted by molar-refractivity contribution is 0.505. The van der Waals surface area contributed by atoms with E-state index < -0.39 is 10.8 Å². The van der Waals surface area contributed by atoms with Crippen LogP contribution in [0.3, 0.4) is 0 Å². The van der Waals surface area contributed by atoms with Crippen LogP contribution in [-0.4, -0.2) is 29.4 Å². The Morgan fingerprint density at radius 1 is 1.07 bits per heavy atom. The van der Waals surface area contributed by atoms with Crippen LogP contribution in [0.25, 0.3) is 32.7 Å². The lowest BCUT2D eigenvalue weighted by Gasteiger charge is -2.23. The van der Waals surface area contributed by atoms with Crippen LogP contribution in [0, 0.1) is 0 Å². The van der Waals surface area contributed by atoms with Crippen LogP contribution < -0.4 is 11.5 Å². The van der Waals surface area contributed by atoms with Gasteiger partial charge >= 0.3 is 0 Å². The second kappa shape index (κ2) is 7.16. The van der Waals surface area contributed by atoms with Crippen molar-refractivity contribution in [1.82, 2.24) is 19.9 Å². The predicted octanol–water partition coefficient (Wildman–Crippen LogP) is 3.64. The summed E-state index contributed by atoms with van der Waals surface area (Å²) in [6, 6.07) is 7.65. The van der Waals surface area contributed by atoms with Crippen molar-refractivity contribution in [2.75, 3.05) is 11.5 Å². The summed E-state index contributed by atoms with van der Waals surface area (Å²) in [5.74, 6) is 0.207. The number of nitrogen functional groups attached to an aromatic ring is 2. The van der Waals surface area contributed by atoms with Crippen molar-refractivity contribution in [1.29, 1.82) is 0 Å². The summed E-state index contributed by atoms with van der Waals surface area (Å²) in [6.07, 6.45) is 8.11. The summed E-state index contributed by atoms with van der Waals surface area (Å²) in [7, 11) is -1.11. The minimum absolute atomic E-state index is 0.189. The standard InChI is InChI=1S/C20H18N6OS2/c21-17-16-13(14-6-1-2-7-23-14)8-15(11-9-24-20(22)25-10-11)26-18(16)28-19(17)29(27)12-4-3-5-12/h1-2,6-10,12H,3-5,21H2,(H2,22,24,25). The lowest BCUT2D eigenvalue weighted by atomic mass is 10.0. The number of thiophene rings is 1. The normalized spacial score (nSPS) is 15.3. The summed E-state index contributed by atoms with van der Waals surface area (Å²) < 4.78 is 13.7. The monoisotopic (exact) mass is 422 g/mol. The highest BCUT2D eigenvalue weighted by Crippen LogP contribution is 2.44. The predicted molar refractivity (Wildman–Crippen MR) is 117 cm³/mol. The quantitative estimate of drug-likeness (QED) is 0.515. The molecule has 1 atom stereocenters. The summed E-state index contributed by atoms with van der Waals surface area (Å²) in [4.78, 5) is 18.2. The number of hydrogen-bond acceptors (Lipinski definition) is 8. The number of nitrogens with two attached hydrogens (primary N) is 2. The Hall–Kier alpha value is -2.91. The number of rotatable bonds is 4. The third kappa shape index (κ3) is 3.16. The molecule has 4 N–H and O–H groups in total. The molecule has 4 aromatic rings. The number of aromatic nitrogens is 4. The molecule has 0 bridgehead atoms. The molecule has 0 spiro atoms. The van der Waals surface area contributed by atoms with Gasteiger partial charge in [0.2, 0.25) is 5.95 Å². The smallest absolute Gasteiger partial charge is 0.219 e. The average Bonchev–Trinajstić information content (AvgIpc) is 3.04. The van der Waals surface area contributed by atoms with E-state index in [4.69, 9.17) is 16.5 Å². The Bertz CT molecular complexity index is 1220. The molecule has 0 aliphatic heterocycles. The molecule has 0 amide bonds. The Labute approximate surface area is 173 Å². The maximum absolute atomic E-state index is 13.0. The van der Waals surface area contributed by atoms with Gasteiger partial charge in [0.15, 0.2) is 0 Å². The molecule has 4 aromatic heterocycles. The highest BCUT2D eigenvalue weighted by molar-refractivity contribution is 7.88. The van der Waals surface area contributed by atoms with Gasteiger partial charge in [-0.3, -0.25) is 9.19 Å². The SMILES string of the molecule is Nc1ncc(-c2cc(-c3ccccn3)c3c(N)c(S(=O)C4CCC4)sc3n2)cn1. The first kappa shape index (κ1) is 18.1. The average molecular weight is 423 g/mol. The molecule has 9 heteroatoms. The van der Waals surface area contributed by atoms with E-state index in [-0.39, 0.29) is 11.2 Å². The Morgan fingerprint density at radius 3 is 2.52 bits per heavy atom. The van der Waals surface area contributed by atoms with Crippen molar-refractivity contribution < 1.29 is 4.21 Å². The molecule has 146 valence electrons. The molecular weight excluding hydrogens is 404 g/mol. The fraction of sp³-hybridized carbons (Fsp3) is 0.200. The first-order chi connectivity index (χ1) is 14.1. The number of nitrogens with zero attached hydrogens (tertiary/aromatic N) is 4. The van der Waals surface area contributed by atoms with Crippen molar-refractivity contribution in [2.45, 2.75) is 28.7 Å². The maximum atomic E-state index is 13.0. The molecular formula is C20H18N6OS2. The Kier molecular flexibility index (Phi) is 4.48. The van der Waals surface area contributed by atoms with Gasteiger partial charge in [-0.1, -0.05) is 12.5 Å². The molecule has 1 aliphatic rings. The molecule has 7 nitrogen and oxygen atoms in total. The maximum Gasteiger partial charge on any atom is 0.219 e. The van der Waals surface area contributed by atoms with Crippen molar-refractivity contribution >= 4 is 44.0 Å². The minimum Gasteiger partial charge on any atom is -0.396 e. The van der Waals surface area contributed by atoms with Gasteiger partial charge in [0.05, 0.1) is 27.9 Å². The van der Waals surface area contributed by atoms with E-state index in [1.54, 1.807) is 18.6 Å². The molecule has 0 saturated heterocycles. The molecule has 5 rings (SSSR count). The van der Waals surface area contributed by atoms with Gasteiger partial charge in [-0.05, 0) is 31.0 Å². The highest BCUT2D eigenvalue weighted by Gasteiger charge is 2.29. The zero-order valence-corrected chi connectivity index (χ0v) is 17.0. The number of fused-ring (bicyclic) bond motifs is 1. The minimum atomic E-state index is -1.11. The third-order valence-electron chi connectivity index (χ3n) is 5.11. The lowest BCUT2D eigenvalue weighted by Crippen LogP contribution is -2.23. The largest absolute Gasteiger partial charge is 0.396 e. The van der Waals surface area contributed by atoms with Gasteiger partial charge in [0, 0.05) is 40.4 Å². The number of pyridine rings is 2. The van der Waals surface area contributed by atoms with E-state index in [9.17, 15) is 4.21 Å². The van der Waals surface area contributed by atoms with Crippen LogP contribution in [0.4, 0.5) is 11.6 Å². The molecule has 4 heterocycles. The van der Waals surface area contributed by atoms with E-state index >= 15 is 0 Å². The third-order valence-corrected chi connectivity index (χ3v) is 8.41. The van der Waals surface area contributed by atoms with Crippen molar-refractivity contribution in [3.8, 4) is 22.5 Å². The van der Waals surface area contributed by atoms with Gasteiger partial charge in [-0.25, -0.2) is 15.0 Å². The number of hydrogen-bond donors (Lipinski definition) is 2. The van der Waals surface area contributed by atoms with Crippen molar-refractivity contribution in [3.63, 3.8) is 0 Å². The van der Waals surface area contributed by atoms with Crippen LogP contribution in [0.1, 0.15) is 19.3 Å². The van der Waals surface area contributed by atoms with Crippen molar-refractivity contribution in [3.05, 3.63) is 42.9 Å². The fourth-order valence-electron chi connectivity index (χ4n) is 3.33. The molecule has 0 aromatic carbocycles. The molecule has 0 radical (unpaired) electrons. The van der Waals surface area contributed by atoms with Crippen LogP contribution in [-0.2, 0) is 10.8 Å². The second-order valence-corrected chi connectivity index (χ2v) is 9.86. The fourth-order valence-corrected chi connectivity index (χ4v) is 6.54. The van der Waals surface area contributed by atoms with E-state index in [1.807, 2.05) is 24.3 Å². The van der Waals surface area contributed by atoms with Crippen LogP contribution in [0.15, 0.2) is 47.1 Å². The zero-order chi connectivity index (χ0) is 20.0. The van der Waals surface area contributed by atoms with Crippen LogP contribution in [0.5, 0.6) is 0 Å². The van der Waals surface area contributed by atoms with Crippen LogP contribution >= 0.6 is 11.3 Å². The summed E-state index contributed by atoms with van der Waals surface area (Å²) in [5, 5.41) is 0.991. The summed E-state index contributed by atoms with van der Waals surface area (Å²) in [6.45, 7) is 0. The molecule has 1 unspecified atom stereocenters. The second-order valence-electron chi connectivity index (χ2n) is 6.93. The highest BCUT2D eigenvalue weighted by atomic mass is 32.2. The van der Waals surface area contributed by atoms with E-state index in [0.717, 1.165) is 46.3 Å². The Balaban J connectivity index is 1.75. The van der Waals surface area contributed by atoms with Gasteiger partial charge in [-0.2, -0.15) is 0 Å². The van der Waals surface area contributed by atoms with Crippen LogP contribution in [0.2, 0.25) is 0 Å². The summed E-state index contributed by atoms with van der Waals surface area (Å²) >= 11 is 1.40. The topological polar surface area (TPSA) is 121 Å². The first-order valence-corrected chi connectivity index (χ1v) is 11.3. The Morgan fingerprint density at radius 2 is 1.86 bits per heavy atom. The van der Waals surface area contributed by atoms with Gasteiger partial charge in [0.25, 0.3) is 0 Å². The first-order valence-electron chi connectivity index (χ1n) is 9.24. The van der Waals surface area contributed by atoms with Gasteiger partial charge in [-0.15, -0.1) is 11.3 Å². The molecule has 1 saturated carbocycles. The number of anilines is 2. The molecule has 1 aliphatic carbocycles. The van der Waals surface area contributed by atoms with E-state index in [2.05, 4.69) is 15.0 Å². The van der Waals surface area contributed by atoms with E-state index in [0.29, 0.717) is 15.6 Å². The molecule has 29 heavy (non-hydrogen) atoms.